The zero-order valence-corrected chi connectivity index (χ0v) is 11.5. The largest absolute Gasteiger partial charge is 0.463 e. The van der Waals surface area contributed by atoms with E-state index < -0.39 is 0 Å². The van der Waals surface area contributed by atoms with Gasteiger partial charge in [0.15, 0.2) is 0 Å². The third kappa shape index (κ3) is 1.63. The molecule has 0 saturated carbocycles. The van der Waals surface area contributed by atoms with Crippen molar-refractivity contribution in [2.75, 3.05) is 0 Å². The molecule has 4 rings (SSSR count). The second-order valence-corrected chi connectivity index (χ2v) is 5.36. The molecule has 0 radical (unpaired) electrons. The molecule has 1 nitrogen and oxygen atoms in total. The van der Waals surface area contributed by atoms with Crippen molar-refractivity contribution in [2.45, 2.75) is 19.8 Å². The lowest BCUT2D eigenvalue weighted by atomic mass is 9.99. The van der Waals surface area contributed by atoms with Gasteiger partial charge in [-0.2, -0.15) is 0 Å². The van der Waals surface area contributed by atoms with Crippen molar-refractivity contribution in [3.8, 4) is 11.3 Å². The zero-order chi connectivity index (χ0) is 13.5. The Morgan fingerprint density at radius 3 is 2.85 bits per heavy atom. The fraction of sp³-hybridized carbons (Fsp3) is 0.158. The summed E-state index contributed by atoms with van der Waals surface area (Å²) >= 11 is 0. The molecule has 1 heteroatoms. The summed E-state index contributed by atoms with van der Waals surface area (Å²) in [6.45, 7) is 2.22. The van der Waals surface area contributed by atoms with E-state index in [1.165, 1.54) is 27.6 Å². The van der Waals surface area contributed by atoms with Crippen LogP contribution in [-0.2, 0) is 6.42 Å². The molecule has 98 valence electrons. The van der Waals surface area contributed by atoms with Gasteiger partial charge >= 0.3 is 0 Å². The van der Waals surface area contributed by atoms with Gasteiger partial charge in [0.25, 0.3) is 0 Å². The summed E-state index contributed by atoms with van der Waals surface area (Å²) in [5.41, 5.74) is 5.47. The minimum atomic E-state index is 0.992. The molecule has 0 bridgehead atoms. The Balaban J connectivity index is 1.96. The van der Waals surface area contributed by atoms with E-state index in [1.807, 2.05) is 12.3 Å². The fourth-order valence-electron chi connectivity index (χ4n) is 3.06. The van der Waals surface area contributed by atoms with Gasteiger partial charge in [-0.25, -0.2) is 0 Å². The molecule has 1 aliphatic carbocycles. The smallest absolute Gasteiger partial charge is 0.142 e. The Kier molecular flexibility index (Phi) is 2.53. The van der Waals surface area contributed by atoms with Crippen LogP contribution in [0.1, 0.15) is 24.5 Å². The lowest BCUT2D eigenvalue weighted by Crippen LogP contribution is -1.86. The first-order valence-corrected chi connectivity index (χ1v) is 7.14. The number of furan rings is 1. The van der Waals surface area contributed by atoms with E-state index in [4.69, 9.17) is 4.42 Å². The fourth-order valence-corrected chi connectivity index (χ4v) is 3.06. The Morgan fingerprint density at radius 1 is 1.05 bits per heavy atom. The molecule has 0 saturated heterocycles. The van der Waals surface area contributed by atoms with E-state index in [0.717, 1.165) is 24.0 Å². The van der Waals surface area contributed by atoms with Crippen LogP contribution in [0.4, 0.5) is 0 Å². The zero-order valence-electron chi connectivity index (χ0n) is 11.5. The Labute approximate surface area is 118 Å². The molecule has 0 atom stereocenters. The standard InChI is InChI=1S/C19H16O/c1-2-13-10-14-7-5-9-17(18(14)11-13)19-16-8-4-3-6-15(16)12-20-19/h3-9,11-12H,2,10H2,1H3. The van der Waals surface area contributed by atoms with Gasteiger partial charge < -0.3 is 4.42 Å². The summed E-state index contributed by atoms with van der Waals surface area (Å²) in [4.78, 5) is 0. The summed E-state index contributed by atoms with van der Waals surface area (Å²) in [5, 5.41) is 2.36. The van der Waals surface area contributed by atoms with Crippen LogP contribution in [0.3, 0.4) is 0 Å². The number of hydrogen-bond donors (Lipinski definition) is 0. The first-order chi connectivity index (χ1) is 9.86. The van der Waals surface area contributed by atoms with Crippen LogP contribution in [0, 0.1) is 0 Å². The summed E-state index contributed by atoms with van der Waals surface area (Å²) in [6, 6.07) is 14.9. The van der Waals surface area contributed by atoms with Gasteiger partial charge in [0.1, 0.15) is 5.76 Å². The molecule has 0 unspecified atom stereocenters. The van der Waals surface area contributed by atoms with Gasteiger partial charge in [-0.15, -0.1) is 0 Å². The molecular formula is C19H16O. The van der Waals surface area contributed by atoms with E-state index in [9.17, 15) is 0 Å². The van der Waals surface area contributed by atoms with E-state index in [1.54, 1.807) is 0 Å². The number of hydrogen-bond acceptors (Lipinski definition) is 1. The average Bonchev–Trinajstić information content (AvgIpc) is 3.10. The topological polar surface area (TPSA) is 13.1 Å². The van der Waals surface area contributed by atoms with Crippen molar-refractivity contribution >= 4 is 16.8 Å². The van der Waals surface area contributed by atoms with Crippen molar-refractivity contribution in [2.24, 2.45) is 0 Å². The lowest BCUT2D eigenvalue weighted by Gasteiger charge is -2.05. The first-order valence-electron chi connectivity index (χ1n) is 7.14. The molecule has 2 aromatic carbocycles. The normalized spacial score (nSPS) is 13.6. The van der Waals surface area contributed by atoms with E-state index in [2.05, 4.69) is 49.4 Å². The Morgan fingerprint density at radius 2 is 1.95 bits per heavy atom. The van der Waals surface area contributed by atoms with Crippen molar-refractivity contribution in [1.82, 2.24) is 0 Å². The first kappa shape index (κ1) is 11.5. The molecular weight excluding hydrogens is 244 g/mol. The molecule has 1 aliphatic rings. The number of benzene rings is 2. The molecule has 0 N–H and O–H groups in total. The highest BCUT2D eigenvalue weighted by Gasteiger charge is 2.18. The van der Waals surface area contributed by atoms with Gasteiger partial charge in [-0.1, -0.05) is 61.0 Å². The minimum Gasteiger partial charge on any atom is -0.463 e. The highest BCUT2D eigenvalue weighted by molar-refractivity contribution is 5.96. The van der Waals surface area contributed by atoms with E-state index >= 15 is 0 Å². The molecule has 0 spiro atoms. The molecule has 1 aromatic heterocycles. The predicted octanol–water partition coefficient (Wildman–Crippen LogP) is 5.45. The second kappa shape index (κ2) is 4.38. The highest BCUT2D eigenvalue weighted by atomic mass is 16.3. The van der Waals surface area contributed by atoms with Gasteiger partial charge in [0, 0.05) is 16.3 Å². The van der Waals surface area contributed by atoms with Crippen molar-refractivity contribution in [3.05, 3.63) is 65.4 Å². The van der Waals surface area contributed by atoms with Gasteiger partial charge in [-0.3, -0.25) is 0 Å². The lowest BCUT2D eigenvalue weighted by molar-refractivity contribution is 0.587. The monoisotopic (exact) mass is 260 g/mol. The number of fused-ring (bicyclic) bond motifs is 2. The van der Waals surface area contributed by atoms with Crippen LogP contribution in [0.15, 0.2) is 58.7 Å². The predicted molar refractivity (Wildman–Crippen MR) is 83.6 cm³/mol. The Hall–Kier alpha value is -2.28. The molecule has 1 heterocycles. The van der Waals surface area contributed by atoms with E-state index in [-0.39, 0.29) is 0 Å². The average molecular weight is 260 g/mol. The quantitative estimate of drug-likeness (QED) is 0.597. The van der Waals surface area contributed by atoms with Crippen LogP contribution in [0.5, 0.6) is 0 Å². The molecule has 0 aliphatic heterocycles. The molecule has 0 amide bonds. The van der Waals surface area contributed by atoms with Crippen molar-refractivity contribution < 1.29 is 4.42 Å². The maximum absolute atomic E-state index is 5.87. The van der Waals surface area contributed by atoms with Crippen LogP contribution in [0.2, 0.25) is 0 Å². The summed E-state index contributed by atoms with van der Waals surface area (Å²) in [7, 11) is 0. The van der Waals surface area contributed by atoms with Gasteiger partial charge in [0.05, 0.1) is 6.26 Å². The summed E-state index contributed by atoms with van der Waals surface area (Å²) in [5.74, 6) is 0.992. The van der Waals surface area contributed by atoms with Gasteiger partial charge in [0.2, 0.25) is 0 Å². The van der Waals surface area contributed by atoms with Crippen molar-refractivity contribution in [3.63, 3.8) is 0 Å². The van der Waals surface area contributed by atoms with Crippen LogP contribution >= 0.6 is 0 Å². The SMILES string of the molecule is CCC1=Cc2c(cccc2-c2occ3ccccc23)C1. The third-order valence-corrected chi connectivity index (χ3v) is 4.17. The minimum absolute atomic E-state index is 0.992. The second-order valence-electron chi connectivity index (χ2n) is 5.36. The number of rotatable bonds is 2. The maximum Gasteiger partial charge on any atom is 0.142 e. The summed E-state index contributed by atoms with van der Waals surface area (Å²) in [6.07, 6.45) is 6.39. The number of allylic oxidation sites excluding steroid dienone is 1. The third-order valence-electron chi connectivity index (χ3n) is 4.17. The van der Waals surface area contributed by atoms with Crippen LogP contribution in [0.25, 0.3) is 28.2 Å². The molecule has 0 fully saturated rings. The Bertz CT molecular complexity index is 821. The van der Waals surface area contributed by atoms with Crippen LogP contribution < -0.4 is 0 Å². The molecule has 3 aromatic rings. The van der Waals surface area contributed by atoms with Gasteiger partial charge in [-0.05, 0) is 24.0 Å². The highest BCUT2D eigenvalue weighted by Crippen LogP contribution is 2.38. The van der Waals surface area contributed by atoms with Crippen LogP contribution in [-0.4, -0.2) is 0 Å². The molecule has 20 heavy (non-hydrogen) atoms. The van der Waals surface area contributed by atoms with E-state index in [0.29, 0.717) is 0 Å². The maximum atomic E-state index is 5.87. The van der Waals surface area contributed by atoms with Crippen molar-refractivity contribution in [1.29, 1.82) is 0 Å². The summed E-state index contributed by atoms with van der Waals surface area (Å²) < 4.78 is 5.87.